The van der Waals surface area contributed by atoms with Crippen molar-refractivity contribution in [1.82, 2.24) is 15.0 Å². The molecule has 3 aromatic rings. The molecule has 0 N–H and O–H groups in total. The summed E-state index contributed by atoms with van der Waals surface area (Å²) in [6.45, 7) is 3.55. The van der Waals surface area contributed by atoms with E-state index in [2.05, 4.69) is 10.1 Å². The maximum atomic E-state index is 13.1. The summed E-state index contributed by atoms with van der Waals surface area (Å²) in [6.07, 6.45) is 1.51. The average Bonchev–Trinajstić information content (AvgIpc) is 3.37. The number of benzene rings is 1. The highest BCUT2D eigenvalue weighted by molar-refractivity contribution is 5.96. The molecule has 2 saturated heterocycles. The summed E-state index contributed by atoms with van der Waals surface area (Å²) in [5.74, 6) is 1.42. The number of hydrogen-bond donors (Lipinski definition) is 0. The predicted molar refractivity (Wildman–Crippen MR) is 91.8 cm³/mol. The molecule has 5 rings (SSSR count). The molecule has 7 nitrogen and oxygen atoms in total. The van der Waals surface area contributed by atoms with Gasteiger partial charge in [0, 0.05) is 25.1 Å². The molecule has 2 aromatic heterocycles. The third-order valence-electron chi connectivity index (χ3n) is 5.49. The topological polar surface area (TPSA) is 81.6 Å². The van der Waals surface area contributed by atoms with Crippen LogP contribution in [0.5, 0.6) is 0 Å². The molecule has 4 heterocycles. The second-order valence-electron chi connectivity index (χ2n) is 7.08. The average molecular weight is 353 g/mol. The van der Waals surface area contributed by atoms with Crippen LogP contribution in [-0.4, -0.2) is 46.7 Å². The van der Waals surface area contributed by atoms with Crippen LogP contribution < -0.4 is 0 Å². The van der Waals surface area contributed by atoms with Crippen molar-refractivity contribution in [2.45, 2.75) is 31.3 Å². The van der Waals surface area contributed by atoms with Crippen molar-refractivity contribution in [3.63, 3.8) is 0 Å². The van der Waals surface area contributed by atoms with Crippen molar-refractivity contribution in [2.24, 2.45) is 0 Å². The Morgan fingerprint density at radius 1 is 1.35 bits per heavy atom. The molecule has 2 aliphatic rings. The van der Waals surface area contributed by atoms with Crippen LogP contribution in [0.25, 0.3) is 11.0 Å². The van der Waals surface area contributed by atoms with E-state index >= 15 is 0 Å². The second-order valence-corrected chi connectivity index (χ2v) is 7.08. The summed E-state index contributed by atoms with van der Waals surface area (Å²) in [5, 5.41) is 4.87. The minimum Gasteiger partial charge on any atom is -0.451 e. The van der Waals surface area contributed by atoms with Gasteiger partial charge in [-0.2, -0.15) is 4.98 Å². The van der Waals surface area contributed by atoms with E-state index in [1.807, 2.05) is 29.2 Å². The molecule has 134 valence electrons. The molecule has 2 atom stereocenters. The van der Waals surface area contributed by atoms with Gasteiger partial charge in [0.2, 0.25) is 5.89 Å². The largest absolute Gasteiger partial charge is 0.451 e. The Morgan fingerprint density at radius 2 is 2.23 bits per heavy atom. The maximum Gasteiger partial charge on any atom is 0.289 e. The van der Waals surface area contributed by atoms with Crippen LogP contribution in [0.3, 0.4) is 0 Å². The zero-order valence-corrected chi connectivity index (χ0v) is 14.5. The van der Waals surface area contributed by atoms with Gasteiger partial charge < -0.3 is 18.6 Å². The lowest BCUT2D eigenvalue weighted by molar-refractivity contribution is 0.00718. The number of likely N-dealkylation sites (tertiary alicyclic amines) is 1. The van der Waals surface area contributed by atoms with Crippen LogP contribution >= 0.6 is 0 Å². The fraction of sp³-hybridized carbons (Fsp3) is 0.421. The lowest BCUT2D eigenvalue weighted by Crippen LogP contribution is -2.54. The number of carbonyl (C=O) groups excluding carboxylic acids is 1. The first kappa shape index (κ1) is 15.6. The van der Waals surface area contributed by atoms with Gasteiger partial charge in [0.25, 0.3) is 5.91 Å². The minimum atomic E-state index is -0.429. The smallest absolute Gasteiger partial charge is 0.289 e. The molecule has 2 fully saturated rings. The van der Waals surface area contributed by atoms with Gasteiger partial charge in [0.15, 0.2) is 11.6 Å². The number of carbonyl (C=O) groups is 1. The number of rotatable bonds is 2. The molecule has 0 bridgehead atoms. The zero-order chi connectivity index (χ0) is 17.7. The van der Waals surface area contributed by atoms with Crippen LogP contribution in [0.1, 0.15) is 35.1 Å². The first-order valence-electron chi connectivity index (χ1n) is 8.86. The van der Waals surface area contributed by atoms with Gasteiger partial charge >= 0.3 is 0 Å². The monoisotopic (exact) mass is 353 g/mol. The fourth-order valence-corrected chi connectivity index (χ4v) is 4.17. The van der Waals surface area contributed by atoms with E-state index in [1.165, 1.54) is 0 Å². The van der Waals surface area contributed by atoms with Crippen molar-refractivity contribution in [1.29, 1.82) is 0 Å². The summed E-state index contributed by atoms with van der Waals surface area (Å²) >= 11 is 0. The van der Waals surface area contributed by atoms with E-state index < -0.39 is 5.41 Å². The normalized spacial score (nSPS) is 25.6. The van der Waals surface area contributed by atoms with Crippen molar-refractivity contribution in [3.05, 3.63) is 47.8 Å². The van der Waals surface area contributed by atoms with Gasteiger partial charge in [-0.15, -0.1) is 0 Å². The van der Waals surface area contributed by atoms with E-state index in [9.17, 15) is 4.79 Å². The first-order chi connectivity index (χ1) is 12.7. The highest BCUT2D eigenvalue weighted by atomic mass is 16.5. The summed E-state index contributed by atoms with van der Waals surface area (Å²) < 4.78 is 17.2. The molecular formula is C19H19N3O4. The highest BCUT2D eigenvalue weighted by Gasteiger charge is 2.54. The van der Waals surface area contributed by atoms with Gasteiger partial charge in [-0.1, -0.05) is 23.4 Å². The van der Waals surface area contributed by atoms with Crippen molar-refractivity contribution in [2.75, 3.05) is 19.7 Å². The molecule has 26 heavy (non-hydrogen) atoms. The van der Waals surface area contributed by atoms with Crippen LogP contribution in [-0.2, 0) is 10.2 Å². The molecule has 0 aliphatic carbocycles. The highest BCUT2D eigenvalue weighted by Crippen LogP contribution is 2.43. The lowest BCUT2D eigenvalue weighted by atomic mass is 9.76. The Balaban J connectivity index is 1.47. The Labute approximate surface area is 149 Å². The van der Waals surface area contributed by atoms with Gasteiger partial charge in [-0.05, 0) is 31.9 Å². The number of hydrogen-bond acceptors (Lipinski definition) is 6. The summed E-state index contributed by atoms with van der Waals surface area (Å²) in [6, 6.07) is 9.44. The number of fused-ring (bicyclic) bond motifs is 2. The number of para-hydroxylation sites is 1. The lowest BCUT2D eigenvalue weighted by Gasteiger charge is -2.40. The Hall–Kier alpha value is -2.67. The van der Waals surface area contributed by atoms with Crippen molar-refractivity contribution >= 4 is 16.9 Å². The standard InChI is InChI=1S/C19H19N3O4/c1-12-20-18(26-21-12)19-7-9-24-16(19)6-8-22(11-19)17(23)15-10-13-4-2-3-5-14(13)25-15/h2-5,10,16H,6-9,11H2,1H3/t16-,19-/m0/s1. The molecule has 1 aromatic carbocycles. The molecule has 0 radical (unpaired) electrons. The number of nitrogens with zero attached hydrogens (tertiary/aromatic N) is 3. The van der Waals surface area contributed by atoms with Crippen LogP contribution in [0, 0.1) is 6.92 Å². The van der Waals surface area contributed by atoms with E-state index in [0.717, 1.165) is 23.8 Å². The number of aromatic nitrogens is 2. The van der Waals surface area contributed by atoms with E-state index in [4.69, 9.17) is 13.7 Å². The van der Waals surface area contributed by atoms with Gasteiger partial charge in [-0.25, -0.2) is 0 Å². The van der Waals surface area contributed by atoms with E-state index in [-0.39, 0.29) is 12.0 Å². The first-order valence-corrected chi connectivity index (χ1v) is 8.86. The van der Waals surface area contributed by atoms with Crippen LogP contribution in [0.2, 0.25) is 0 Å². The van der Waals surface area contributed by atoms with Crippen molar-refractivity contribution in [3.8, 4) is 0 Å². The molecule has 0 spiro atoms. The number of piperidine rings is 1. The summed E-state index contributed by atoms with van der Waals surface area (Å²) in [7, 11) is 0. The third kappa shape index (κ3) is 2.27. The molecule has 1 amide bonds. The minimum absolute atomic E-state index is 0.00192. The zero-order valence-electron chi connectivity index (χ0n) is 14.5. The molecule has 0 saturated carbocycles. The van der Waals surface area contributed by atoms with Crippen molar-refractivity contribution < 1.29 is 18.5 Å². The molecule has 0 unspecified atom stereocenters. The number of aryl methyl sites for hydroxylation is 1. The van der Waals surface area contributed by atoms with Gasteiger partial charge in [-0.3, -0.25) is 4.79 Å². The molecule has 7 heteroatoms. The predicted octanol–water partition coefficient (Wildman–Crippen LogP) is 2.70. The van der Waals surface area contributed by atoms with Crippen LogP contribution in [0.15, 0.2) is 39.3 Å². The van der Waals surface area contributed by atoms with Crippen LogP contribution in [0.4, 0.5) is 0 Å². The number of furan rings is 1. The Kier molecular flexibility index (Phi) is 3.40. The number of amides is 1. The SMILES string of the molecule is Cc1noc([C@]23CCO[C@H]2CCN(C(=O)c2cc4ccccc4o2)C3)n1. The van der Waals surface area contributed by atoms with E-state index in [0.29, 0.717) is 37.2 Å². The molecular weight excluding hydrogens is 334 g/mol. The number of ether oxygens (including phenoxy) is 1. The Morgan fingerprint density at radius 3 is 3.04 bits per heavy atom. The second kappa shape index (κ2) is 5.67. The molecule has 2 aliphatic heterocycles. The maximum absolute atomic E-state index is 13.1. The third-order valence-corrected chi connectivity index (χ3v) is 5.49. The summed E-state index contributed by atoms with van der Waals surface area (Å²) in [4.78, 5) is 19.3. The van der Waals surface area contributed by atoms with Gasteiger partial charge in [0.1, 0.15) is 5.58 Å². The van der Waals surface area contributed by atoms with E-state index in [1.54, 1.807) is 13.0 Å². The Bertz CT molecular complexity index is 945. The fourth-order valence-electron chi connectivity index (χ4n) is 4.17. The van der Waals surface area contributed by atoms with Gasteiger partial charge in [0.05, 0.1) is 11.5 Å². The summed E-state index contributed by atoms with van der Waals surface area (Å²) in [5.41, 5.74) is 0.290. The quantitative estimate of drug-likeness (QED) is 0.704.